The van der Waals surface area contributed by atoms with Gasteiger partial charge in [0.15, 0.2) is 11.6 Å². The summed E-state index contributed by atoms with van der Waals surface area (Å²) in [6.07, 6.45) is 2.41. The molecule has 1 aliphatic heterocycles. The fourth-order valence-electron chi connectivity index (χ4n) is 2.70. The second-order valence-electron chi connectivity index (χ2n) is 5.38. The van der Waals surface area contributed by atoms with E-state index in [0.717, 1.165) is 12.1 Å². The van der Waals surface area contributed by atoms with Crippen LogP contribution in [-0.2, 0) is 0 Å². The molecule has 2 unspecified atom stereocenters. The maximum atomic E-state index is 13.7. The molecule has 0 radical (unpaired) electrons. The Balaban J connectivity index is 1.99. The van der Waals surface area contributed by atoms with Crippen LogP contribution in [0.2, 0.25) is 0 Å². The molecule has 2 atom stereocenters. The van der Waals surface area contributed by atoms with Crippen molar-refractivity contribution in [3.8, 4) is 5.75 Å². The highest BCUT2D eigenvalue weighted by molar-refractivity contribution is 5.30. The molecule has 4 heteroatoms. The number of likely N-dealkylation sites (tertiary alicyclic amines) is 1. The minimum atomic E-state index is -0.297. The van der Waals surface area contributed by atoms with Crippen molar-refractivity contribution in [1.82, 2.24) is 10.2 Å². The monoisotopic (exact) mass is 266 g/mol. The van der Waals surface area contributed by atoms with Crippen LogP contribution >= 0.6 is 0 Å². The smallest absolute Gasteiger partial charge is 0.165 e. The van der Waals surface area contributed by atoms with Crippen LogP contribution in [0, 0.1) is 5.82 Å². The molecule has 19 heavy (non-hydrogen) atoms. The van der Waals surface area contributed by atoms with E-state index in [2.05, 4.69) is 24.2 Å². The maximum Gasteiger partial charge on any atom is 0.165 e. The van der Waals surface area contributed by atoms with Crippen molar-refractivity contribution in [1.29, 1.82) is 0 Å². The van der Waals surface area contributed by atoms with E-state index >= 15 is 0 Å². The number of nitrogens with zero attached hydrogens (tertiary/aromatic N) is 1. The van der Waals surface area contributed by atoms with Crippen molar-refractivity contribution < 1.29 is 9.13 Å². The second-order valence-corrected chi connectivity index (χ2v) is 5.38. The third-order valence-corrected chi connectivity index (χ3v) is 3.79. The van der Waals surface area contributed by atoms with Gasteiger partial charge in [-0.15, -0.1) is 0 Å². The molecule has 1 N–H and O–H groups in total. The second kappa shape index (κ2) is 6.35. The van der Waals surface area contributed by atoms with E-state index in [-0.39, 0.29) is 11.9 Å². The summed E-state index contributed by atoms with van der Waals surface area (Å²) in [5, 5.41) is 3.58. The van der Waals surface area contributed by atoms with Crippen LogP contribution < -0.4 is 10.1 Å². The fraction of sp³-hybridized carbons (Fsp3) is 0.600. The average molecular weight is 266 g/mol. The molecule has 0 spiro atoms. The first-order valence-electron chi connectivity index (χ1n) is 6.88. The number of hydrogen-bond donors (Lipinski definition) is 1. The molecule has 1 aromatic rings. The molecule has 1 fully saturated rings. The first kappa shape index (κ1) is 14.3. The Morgan fingerprint density at radius 3 is 2.89 bits per heavy atom. The van der Waals surface area contributed by atoms with Crippen molar-refractivity contribution in [3.63, 3.8) is 0 Å². The van der Waals surface area contributed by atoms with E-state index in [1.165, 1.54) is 26.5 Å². The van der Waals surface area contributed by atoms with Crippen molar-refractivity contribution in [2.45, 2.75) is 31.8 Å². The van der Waals surface area contributed by atoms with E-state index < -0.39 is 0 Å². The average Bonchev–Trinajstić information content (AvgIpc) is 2.38. The molecule has 106 valence electrons. The van der Waals surface area contributed by atoms with Gasteiger partial charge in [0.1, 0.15) is 0 Å². The molecule has 1 aromatic carbocycles. The SMILES string of the molecule is COc1ccc(C(C)NC2CCCN(C)C2)cc1F. The zero-order valence-electron chi connectivity index (χ0n) is 11.9. The van der Waals surface area contributed by atoms with Crippen molar-refractivity contribution >= 4 is 0 Å². The fourth-order valence-corrected chi connectivity index (χ4v) is 2.70. The number of rotatable bonds is 4. The molecular formula is C15H23FN2O. The summed E-state index contributed by atoms with van der Waals surface area (Å²) in [5.74, 6) is 0.00256. The predicted molar refractivity (Wildman–Crippen MR) is 75.0 cm³/mol. The number of piperidine rings is 1. The van der Waals surface area contributed by atoms with Crippen molar-refractivity contribution in [2.75, 3.05) is 27.2 Å². The summed E-state index contributed by atoms with van der Waals surface area (Å²) in [7, 11) is 3.63. The lowest BCUT2D eigenvalue weighted by Crippen LogP contribution is -2.44. The molecule has 0 aliphatic carbocycles. The summed E-state index contributed by atoms with van der Waals surface area (Å²) in [6.45, 7) is 4.31. The molecule has 0 saturated carbocycles. The van der Waals surface area contributed by atoms with Crippen LogP contribution in [-0.4, -0.2) is 38.2 Å². The molecule has 1 aliphatic rings. The Morgan fingerprint density at radius 2 is 2.26 bits per heavy atom. The first-order valence-corrected chi connectivity index (χ1v) is 6.88. The molecule has 0 amide bonds. The highest BCUT2D eigenvalue weighted by atomic mass is 19.1. The molecule has 0 bridgehead atoms. The van der Waals surface area contributed by atoms with Crippen LogP contribution in [0.1, 0.15) is 31.4 Å². The van der Waals surface area contributed by atoms with Crippen LogP contribution in [0.25, 0.3) is 0 Å². The van der Waals surface area contributed by atoms with Gasteiger partial charge in [0.2, 0.25) is 0 Å². The van der Waals surface area contributed by atoms with E-state index in [9.17, 15) is 4.39 Å². The van der Waals surface area contributed by atoms with Gasteiger partial charge >= 0.3 is 0 Å². The number of benzene rings is 1. The summed E-state index contributed by atoms with van der Waals surface area (Å²) in [5.41, 5.74) is 0.964. The number of likely N-dealkylation sites (N-methyl/N-ethyl adjacent to an activating group) is 1. The van der Waals surface area contributed by atoms with E-state index in [1.54, 1.807) is 12.1 Å². The van der Waals surface area contributed by atoms with E-state index in [1.807, 2.05) is 6.07 Å². The third kappa shape index (κ3) is 3.67. The third-order valence-electron chi connectivity index (χ3n) is 3.79. The van der Waals surface area contributed by atoms with Gasteiger partial charge in [-0.2, -0.15) is 0 Å². The summed E-state index contributed by atoms with van der Waals surface area (Å²) >= 11 is 0. The summed E-state index contributed by atoms with van der Waals surface area (Å²) in [4.78, 5) is 2.34. The zero-order valence-corrected chi connectivity index (χ0v) is 11.9. The topological polar surface area (TPSA) is 24.5 Å². The van der Waals surface area contributed by atoms with Crippen LogP contribution in [0.5, 0.6) is 5.75 Å². The molecule has 1 heterocycles. The number of nitrogens with one attached hydrogen (secondary N) is 1. The number of methoxy groups -OCH3 is 1. The van der Waals surface area contributed by atoms with Crippen LogP contribution in [0.15, 0.2) is 18.2 Å². The zero-order chi connectivity index (χ0) is 13.8. The highest BCUT2D eigenvalue weighted by Gasteiger charge is 2.19. The van der Waals surface area contributed by atoms with Crippen LogP contribution in [0.3, 0.4) is 0 Å². The number of ether oxygens (including phenoxy) is 1. The molecule has 3 nitrogen and oxygen atoms in total. The first-order chi connectivity index (χ1) is 9.10. The van der Waals surface area contributed by atoms with Gasteiger partial charge < -0.3 is 15.0 Å². The van der Waals surface area contributed by atoms with Gasteiger partial charge in [0.25, 0.3) is 0 Å². The van der Waals surface area contributed by atoms with Gasteiger partial charge in [-0.3, -0.25) is 0 Å². The lowest BCUT2D eigenvalue weighted by Gasteiger charge is -2.32. The quantitative estimate of drug-likeness (QED) is 0.906. The van der Waals surface area contributed by atoms with E-state index in [4.69, 9.17) is 4.74 Å². The Labute approximate surface area is 114 Å². The Morgan fingerprint density at radius 1 is 1.47 bits per heavy atom. The molecular weight excluding hydrogens is 243 g/mol. The standard InChI is InChI=1S/C15H23FN2O/c1-11(17-13-5-4-8-18(2)10-13)12-6-7-15(19-3)14(16)9-12/h6-7,9,11,13,17H,4-5,8,10H2,1-3H3. The lowest BCUT2D eigenvalue weighted by molar-refractivity contribution is 0.218. The molecule has 1 saturated heterocycles. The Bertz CT molecular complexity index is 425. The van der Waals surface area contributed by atoms with Gasteiger partial charge in [-0.1, -0.05) is 6.07 Å². The summed E-state index contributed by atoms with van der Waals surface area (Å²) < 4.78 is 18.6. The van der Waals surface area contributed by atoms with Crippen molar-refractivity contribution in [3.05, 3.63) is 29.6 Å². The highest BCUT2D eigenvalue weighted by Crippen LogP contribution is 2.22. The van der Waals surface area contributed by atoms with Gasteiger partial charge in [0, 0.05) is 18.6 Å². The minimum Gasteiger partial charge on any atom is -0.494 e. The molecule has 0 aromatic heterocycles. The molecule has 2 rings (SSSR count). The maximum absolute atomic E-state index is 13.7. The minimum absolute atomic E-state index is 0.150. The number of hydrogen-bond acceptors (Lipinski definition) is 3. The lowest BCUT2D eigenvalue weighted by atomic mass is 10.0. The van der Waals surface area contributed by atoms with E-state index in [0.29, 0.717) is 11.8 Å². The van der Waals surface area contributed by atoms with Gasteiger partial charge in [0.05, 0.1) is 7.11 Å². The Kier molecular flexibility index (Phi) is 4.77. The summed E-state index contributed by atoms with van der Waals surface area (Å²) in [6, 6.07) is 5.81. The normalized spacial score (nSPS) is 22.2. The largest absolute Gasteiger partial charge is 0.494 e. The number of halogens is 1. The van der Waals surface area contributed by atoms with Gasteiger partial charge in [-0.25, -0.2) is 4.39 Å². The Hall–Kier alpha value is -1.13. The van der Waals surface area contributed by atoms with Crippen LogP contribution in [0.4, 0.5) is 4.39 Å². The van der Waals surface area contributed by atoms with Gasteiger partial charge in [-0.05, 0) is 51.1 Å². The van der Waals surface area contributed by atoms with Crippen molar-refractivity contribution in [2.24, 2.45) is 0 Å². The predicted octanol–water partition coefficient (Wildman–Crippen LogP) is 2.58.